The Labute approximate surface area is 94.7 Å². The maximum Gasteiger partial charge on any atom is 0.407 e. The van der Waals surface area contributed by atoms with Gasteiger partial charge in [0.15, 0.2) is 0 Å². The number of rotatable bonds is 1. The van der Waals surface area contributed by atoms with Crippen LogP contribution in [-0.2, 0) is 9.53 Å². The predicted molar refractivity (Wildman–Crippen MR) is 58.1 cm³/mol. The maximum absolute atomic E-state index is 11.6. The number of carbonyl (C=O) groups excluding carboxylic acids is 1. The summed E-state index contributed by atoms with van der Waals surface area (Å²) in [5.41, 5.74) is -0.570. The second kappa shape index (κ2) is 4.55. The molecule has 90 valence electrons. The minimum atomic E-state index is -0.999. The van der Waals surface area contributed by atoms with Crippen molar-refractivity contribution in [2.45, 2.75) is 26.9 Å². The molecule has 5 heteroatoms. The predicted octanol–water partition coefficient (Wildman–Crippen LogP) is 1.49. The highest BCUT2D eigenvalue weighted by Crippen LogP contribution is 2.18. The van der Waals surface area contributed by atoms with E-state index in [1.54, 1.807) is 32.9 Å². The molecule has 1 aliphatic rings. The van der Waals surface area contributed by atoms with Crippen LogP contribution in [0.15, 0.2) is 12.2 Å². The van der Waals surface area contributed by atoms with Gasteiger partial charge in [-0.15, -0.1) is 0 Å². The Morgan fingerprint density at radius 1 is 1.44 bits per heavy atom. The first-order valence-electron chi connectivity index (χ1n) is 5.16. The summed E-state index contributed by atoms with van der Waals surface area (Å²) >= 11 is 0. The molecule has 0 saturated heterocycles. The summed E-state index contributed by atoms with van der Waals surface area (Å²) in [4.78, 5) is 23.5. The Balaban J connectivity index is 2.57. The zero-order valence-electron chi connectivity index (χ0n) is 9.77. The van der Waals surface area contributed by atoms with E-state index in [4.69, 9.17) is 9.84 Å². The molecular formula is C11H17NO4. The molecule has 1 amide bonds. The molecule has 1 heterocycles. The largest absolute Gasteiger partial charge is 0.465 e. The monoisotopic (exact) mass is 227 g/mol. The van der Waals surface area contributed by atoms with E-state index in [9.17, 15) is 9.59 Å². The quantitative estimate of drug-likeness (QED) is 0.544. The van der Waals surface area contributed by atoms with Gasteiger partial charge in [-0.3, -0.25) is 4.79 Å². The summed E-state index contributed by atoms with van der Waals surface area (Å²) in [7, 11) is 0. The molecule has 16 heavy (non-hydrogen) atoms. The van der Waals surface area contributed by atoms with Crippen molar-refractivity contribution in [1.29, 1.82) is 0 Å². The van der Waals surface area contributed by atoms with Crippen molar-refractivity contribution < 1.29 is 19.4 Å². The van der Waals surface area contributed by atoms with Gasteiger partial charge in [-0.25, -0.2) is 4.79 Å². The number of hydrogen-bond donors (Lipinski definition) is 1. The van der Waals surface area contributed by atoms with Gasteiger partial charge in [-0.05, 0) is 26.8 Å². The molecule has 0 bridgehead atoms. The molecule has 1 rings (SSSR count). The average Bonchev–Trinajstić information content (AvgIpc) is 2.16. The summed E-state index contributed by atoms with van der Waals surface area (Å²) in [5, 5.41) is 8.80. The second-order valence-electron chi connectivity index (χ2n) is 4.81. The van der Waals surface area contributed by atoms with Gasteiger partial charge in [0, 0.05) is 6.54 Å². The highest BCUT2D eigenvalue weighted by atomic mass is 16.5. The highest BCUT2D eigenvalue weighted by Gasteiger charge is 2.28. The van der Waals surface area contributed by atoms with Crippen molar-refractivity contribution in [2.24, 2.45) is 5.41 Å². The molecule has 0 fully saturated rings. The molecule has 1 aliphatic heterocycles. The Hall–Kier alpha value is -1.52. The van der Waals surface area contributed by atoms with Gasteiger partial charge in [-0.2, -0.15) is 0 Å². The van der Waals surface area contributed by atoms with Crippen molar-refractivity contribution in [2.75, 3.05) is 13.1 Å². The van der Waals surface area contributed by atoms with E-state index in [-0.39, 0.29) is 12.5 Å². The van der Waals surface area contributed by atoms with Crippen LogP contribution < -0.4 is 0 Å². The van der Waals surface area contributed by atoms with Crippen LogP contribution in [0.3, 0.4) is 0 Å². The standard InChI is InChI=1S/C11H17NO4/c1-11(2,3)9(13)16-8-5-4-6-12(7-8)10(14)15/h4-5,8H,6-7H2,1-3H3,(H,14,15). The van der Waals surface area contributed by atoms with Gasteiger partial charge < -0.3 is 14.7 Å². The highest BCUT2D eigenvalue weighted by molar-refractivity contribution is 5.75. The van der Waals surface area contributed by atoms with E-state index < -0.39 is 17.6 Å². The zero-order chi connectivity index (χ0) is 12.3. The maximum atomic E-state index is 11.6. The normalized spacial score (nSPS) is 20.7. The average molecular weight is 227 g/mol. The summed E-state index contributed by atoms with van der Waals surface area (Å²) in [5.74, 6) is -0.325. The molecule has 0 radical (unpaired) electrons. The topological polar surface area (TPSA) is 66.8 Å². The molecule has 1 unspecified atom stereocenters. The molecule has 1 N–H and O–H groups in total. The fraction of sp³-hybridized carbons (Fsp3) is 0.636. The molecule has 0 saturated carbocycles. The molecule has 0 aromatic rings. The van der Waals surface area contributed by atoms with E-state index >= 15 is 0 Å². The second-order valence-corrected chi connectivity index (χ2v) is 4.81. The molecule has 1 atom stereocenters. The molecule has 5 nitrogen and oxygen atoms in total. The van der Waals surface area contributed by atoms with Crippen LogP contribution in [-0.4, -0.2) is 41.3 Å². The van der Waals surface area contributed by atoms with Crippen molar-refractivity contribution in [3.05, 3.63) is 12.2 Å². The number of hydrogen-bond acceptors (Lipinski definition) is 3. The minimum Gasteiger partial charge on any atom is -0.465 e. The number of amides is 1. The van der Waals surface area contributed by atoms with Crippen LogP contribution in [0.25, 0.3) is 0 Å². The summed E-state index contributed by atoms with van der Waals surface area (Å²) in [6.07, 6.45) is 1.94. The first-order chi connectivity index (χ1) is 7.30. The molecule has 0 aromatic carbocycles. The number of nitrogens with zero attached hydrogens (tertiary/aromatic N) is 1. The fourth-order valence-corrected chi connectivity index (χ4v) is 1.24. The van der Waals surface area contributed by atoms with Crippen LogP contribution in [0.2, 0.25) is 0 Å². The van der Waals surface area contributed by atoms with Gasteiger partial charge in [0.2, 0.25) is 0 Å². The van der Waals surface area contributed by atoms with Crippen LogP contribution in [0, 0.1) is 5.41 Å². The van der Waals surface area contributed by atoms with Crippen LogP contribution in [0.1, 0.15) is 20.8 Å². The first-order valence-corrected chi connectivity index (χ1v) is 5.16. The van der Waals surface area contributed by atoms with Crippen molar-refractivity contribution in [3.8, 4) is 0 Å². The van der Waals surface area contributed by atoms with Crippen LogP contribution in [0.5, 0.6) is 0 Å². The van der Waals surface area contributed by atoms with Gasteiger partial charge in [0.25, 0.3) is 0 Å². The molecule has 0 aromatic heterocycles. The first kappa shape index (κ1) is 12.5. The Bertz CT molecular complexity index is 316. The third kappa shape index (κ3) is 3.25. The smallest absolute Gasteiger partial charge is 0.407 e. The van der Waals surface area contributed by atoms with Gasteiger partial charge >= 0.3 is 12.1 Å². The fourth-order valence-electron chi connectivity index (χ4n) is 1.24. The van der Waals surface area contributed by atoms with Crippen LogP contribution >= 0.6 is 0 Å². The van der Waals surface area contributed by atoms with Crippen LogP contribution in [0.4, 0.5) is 4.79 Å². The lowest BCUT2D eigenvalue weighted by molar-refractivity contribution is -0.157. The third-order valence-corrected chi connectivity index (χ3v) is 2.22. The van der Waals surface area contributed by atoms with Crippen molar-refractivity contribution >= 4 is 12.1 Å². The van der Waals surface area contributed by atoms with Gasteiger partial charge in [0.1, 0.15) is 6.10 Å². The van der Waals surface area contributed by atoms with Gasteiger partial charge in [-0.1, -0.05) is 6.08 Å². The third-order valence-electron chi connectivity index (χ3n) is 2.22. The van der Waals surface area contributed by atoms with E-state index in [0.29, 0.717) is 6.54 Å². The Morgan fingerprint density at radius 2 is 2.06 bits per heavy atom. The van der Waals surface area contributed by atoms with E-state index in [1.807, 2.05) is 0 Å². The number of carbonyl (C=O) groups is 2. The lowest BCUT2D eigenvalue weighted by atomic mass is 9.97. The lowest BCUT2D eigenvalue weighted by Crippen LogP contribution is -2.41. The SMILES string of the molecule is CC(C)(C)C(=O)OC1C=CCN(C(=O)O)C1. The summed E-state index contributed by atoms with van der Waals surface area (Å²) < 4.78 is 5.21. The number of ether oxygens (including phenoxy) is 1. The van der Waals surface area contributed by atoms with E-state index in [0.717, 1.165) is 0 Å². The Kier molecular flexibility index (Phi) is 3.57. The number of carboxylic acid groups (broad SMARTS) is 1. The minimum absolute atomic E-state index is 0.202. The Morgan fingerprint density at radius 3 is 2.56 bits per heavy atom. The molecule has 0 spiro atoms. The van der Waals surface area contributed by atoms with E-state index in [2.05, 4.69) is 0 Å². The molecule has 0 aliphatic carbocycles. The lowest BCUT2D eigenvalue weighted by Gasteiger charge is -2.28. The van der Waals surface area contributed by atoms with Gasteiger partial charge in [0.05, 0.1) is 12.0 Å². The molecular weight excluding hydrogens is 210 g/mol. The van der Waals surface area contributed by atoms with Crippen molar-refractivity contribution in [1.82, 2.24) is 4.90 Å². The number of esters is 1. The van der Waals surface area contributed by atoms with E-state index in [1.165, 1.54) is 4.90 Å². The zero-order valence-corrected chi connectivity index (χ0v) is 9.77. The summed E-state index contributed by atoms with van der Waals surface area (Å²) in [6, 6.07) is 0. The van der Waals surface area contributed by atoms with Crippen molar-refractivity contribution in [3.63, 3.8) is 0 Å². The summed E-state index contributed by atoms with van der Waals surface area (Å²) in [6.45, 7) is 5.83.